The standard InChI is InChI=1S/C15H25NO/c1-3-5-6-7-8-9-10-11-13-14(12-4-2)15(16)17/h5-6,10-12H,3-4,7-9,13H2,1-2H3,(H2,16,17). The van der Waals surface area contributed by atoms with E-state index >= 15 is 0 Å². The van der Waals surface area contributed by atoms with Crippen LogP contribution in [0, 0.1) is 0 Å². The predicted molar refractivity (Wildman–Crippen MR) is 74.6 cm³/mol. The summed E-state index contributed by atoms with van der Waals surface area (Å²) in [6, 6.07) is 0. The summed E-state index contributed by atoms with van der Waals surface area (Å²) in [6.45, 7) is 4.15. The summed E-state index contributed by atoms with van der Waals surface area (Å²) in [5.74, 6) is -0.303. The predicted octanol–water partition coefficient (Wildman–Crippen LogP) is 3.89. The van der Waals surface area contributed by atoms with Crippen molar-refractivity contribution in [1.82, 2.24) is 0 Å². The Hall–Kier alpha value is -1.31. The van der Waals surface area contributed by atoms with Gasteiger partial charge in [-0.2, -0.15) is 0 Å². The van der Waals surface area contributed by atoms with E-state index in [-0.39, 0.29) is 5.91 Å². The van der Waals surface area contributed by atoms with E-state index < -0.39 is 0 Å². The maximum Gasteiger partial charge on any atom is 0.244 e. The summed E-state index contributed by atoms with van der Waals surface area (Å²) in [5, 5.41) is 0. The van der Waals surface area contributed by atoms with Crippen LogP contribution in [0.3, 0.4) is 0 Å². The van der Waals surface area contributed by atoms with Crippen molar-refractivity contribution in [1.29, 1.82) is 0 Å². The van der Waals surface area contributed by atoms with E-state index in [4.69, 9.17) is 5.73 Å². The fourth-order valence-electron chi connectivity index (χ4n) is 1.50. The van der Waals surface area contributed by atoms with Crippen molar-refractivity contribution >= 4 is 5.91 Å². The highest BCUT2D eigenvalue weighted by atomic mass is 16.1. The molecule has 2 heteroatoms. The fraction of sp³-hybridized carbons (Fsp3) is 0.533. The third kappa shape index (κ3) is 9.61. The van der Waals surface area contributed by atoms with Crippen LogP contribution in [0.5, 0.6) is 0 Å². The number of carbonyl (C=O) groups excluding carboxylic acids is 1. The molecule has 0 aromatic carbocycles. The zero-order valence-electron chi connectivity index (χ0n) is 11.1. The largest absolute Gasteiger partial charge is 0.366 e. The first-order chi connectivity index (χ1) is 8.22. The Kier molecular flexibility index (Phi) is 10.3. The highest BCUT2D eigenvalue weighted by Crippen LogP contribution is 2.05. The van der Waals surface area contributed by atoms with Gasteiger partial charge in [0, 0.05) is 5.57 Å². The van der Waals surface area contributed by atoms with Crippen LogP contribution in [0.1, 0.15) is 52.4 Å². The van der Waals surface area contributed by atoms with Gasteiger partial charge in [0.2, 0.25) is 5.91 Å². The topological polar surface area (TPSA) is 43.1 Å². The Morgan fingerprint density at radius 1 is 1.00 bits per heavy atom. The lowest BCUT2D eigenvalue weighted by atomic mass is 10.1. The number of hydrogen-bond acceptors (Lipinski definition) is 1. The minimum atomic E-state index is -0.303. The van der Waals surface area contributed by atoms with Crippen molar-refractivity contribution in [2.24, 2.45) is 5.73 Å². The van der Waals surface area contributed by atoms with Gasteiger partial charge in [-0.15, -0.1) is 0 Å². The van der Waals surface area contributed by atoms with Gasteiger partial charge in [0.05, 0.1) is 0 Å². The summed E-state index contributed by atoms with van der Waals surface area (Å²) in [4.78, 5) is 11.0. The molecule has 0 atom stereocenters. The second-order valence-electron chi connectivity index (χ2n) is 3.99. The number of amides is 1. The van der Waals surface area contributed by atoms with Gasteiger partial charge in [-0.25, -0.2) is 0 Å². The molecule has 0 heterocycles. The van der Waals surface area contributed by atoms with Gasteiger partial charge in [-0.05, 0) is 38.5 Å². The average molecular weight is 235 g/mol. The molecule has 0 aliphatic rings. The van der Waals surface area contributed by atoms with Crippen LogP contribution in [0.15, 0.2) is 36.0 Å². The second-order valence-corrected chi connectivity index (χ2v) is 3.99. The zero-order valence-corrected chi connectivity index (χ0v) is 11.1. The van der Waals surface area contributed by atoms with Gasteiger partial charge in [-0.3, -0.25) is 4.79 Å². The normalized spacial score (nSPS) is 12.7. The SMILES string of the molecule is CCC=CCCCC=CCC(=CCC)C(N)=O. The van der Waals surface area contributed by atoms with E-state index in [0.29, 0.717) is 6.42 Å². The first-order valence-electron chi connectivity index (χ1n) is 6.51. The molecular weight excluding hydrogens is 210 g/mol. The molecule has 96 valence electrons. The third-order valence-corrected chi connectivity index (χ3v) is 2.42. The molecule has 0 saturated heterocycles. The molecule has 0 saturated carbocycles. The Morgan fingerprint density at radius 3 is 2.18 bits per heavy atom. The van der Waals surface area contributed by atoms with Crippen LogP contribution in [-0.4, -0.2) is 5.91 Å². The van der Waals surface area contributed by atoms with Crippen LogP contribution in [0.2, 0.25) is 0 Å². The number of primary amides is 1. The van der Waals surface area contributed by atoms with Crippen molar-refractivity contribution in [3.63, 3.8) is 0 Å². The number of nitrogens with two attached hydrogens (primary N) is 1. The molecule has 2 nitrogen and oxygen atoms in total. The van der Waals surface area contributed by atoms with Crippen LogP contribution in [0.4, 0.5) is 0 Å². The van der Waals surface area contributed by atoms with E-state index in [0.717, 1.165) is 37.7 Å². The number of allylic oxidation sites excluding steroid dienone is 5. The highest BCUT2D eigenvalue weighted by molar-refractivity contribution is 5.92. The number of rotatable bonds is 9. The Balaban J connectivity index is 3.75. The summed E-state index contributed by atoms with van der Waals surface area (Å²) in [7, 11) is 0. The minimum absolute atomic E-state index is 0.303. The number of hydrogen-bond donors (Lipinski definition) is 1. The van der Waals surface area contributed by atoms with Crippen molar-refractivity contribution in [2.45, 2.75) is 52.4 Å². The molecular formula is C15H25NO. The van der Waals surface area contributed by atoms with Gasteiger partial charge >= 0.3 is 0 Å². The lowest BCUT2D eigenvalue weighted by Gasteiger charge is -1.97. The van der Waals surface area contributed by atoms with Gasteiger partial charge < -0.3 is 5.73 Å². The molecule has 0 fully saturated rings. The van der Waals surface area contributed by atoms with Crippen molar-refractivity contribution in [3.8, 4) is 0 Å². The maximum atomic E-state index is 11.0. The minimum Gasteiger partial charge on any atom is -0.366 e. The summed E-state index contributed by atoms with van der Waals surface area (Å²) in [6.07, 6.45) is 16.5. The van der Waals surface area contributed by atoms with Crippen molar-refractivity contribution in [3.05, 3.63) is 36.0 Å². The van der Waals surface area contributed by atoms with Crippen LogP contribution < -0.4 is 5.73 Å². The van der Waals surface area contributed by atoms with Crippen LogP contribution in [-0.2, 0) is 4.79 Å². The molecule has 0 aromatic rings. The third-order valence-electron chi connectivity index (χ3n) is 2.42. The van der Waals surface area contributed by atoms with E-state index in [1.807, 2.05) is 19.1 Å². The Bertz CT molecular complexity index is 287. The van der Waals surface area contributed by atoms with Crippen LogP contribution >= 0.6 is 0 Å². The number of unbranched alkanes of at least 4 members (excludes halogenated alkanes) is 2. The molecule has 0 rings (SSSR count). The molecule has 1 amide bonds. The highest BCUT2D eigenvalue weighted by Gasteiger charge is 2.00. The first-order valence-corrected chi connectivity index (χ1v) is 6.51. The van der Waals surface area contributed by atoms with E-state index in [1.54, 1.807) is 0 Å². The monoisotopic (exact) mass is 235 g/mol. The van der Waals surface area contributed by atoms with Crippen molar-refractivity contribution < 1.29 is 4.79 Å². The molecule has 2 N–H and O–H groups in total. The quantitative estimate of drug-likeness (QED) is 0.368. The van der Waals surface area contributed by atoms with Gasteiger partial charge in [0.1, 0.15) is 0 Å². The Morgan fingerprint density at radius 2 is 1.65 bits per heavy atom. The molecule has 0 radical (unpaired) electrons. The lowest BCUT2D eigenvalue weighted by molar-refractivity contribution is -0.114. The molecule has 0 aliphatic carbocycles. The molecule has 17 heavy (non-hydrogen) atoms. The molecule has 0 aliphatic heterocycles. The summed E-state index contributed by atoms with van der Waals surface area (Å²) in [5.41, 5.74) is 5.99. The number of carbonyl (C=O) groups is 1. The first kappa shape index (κ1) is 15.7. The van der Waals surface area contributed by atoms with E-state index in [9.17, 15) is 4.79 Å². The maximum absolute atomic E-state index is 11.0. The second kappa shape index (κ2) is 11.2. The van der Waals surface area contributed by atoms with Gasteiger partial charge in [0.15, 0.2) is 0 Å². The van der Waals surface area contributed by atoms with Crippen molar-refractivity contribution in [2.75, 3.05) is 0 Å². The van der Waals surface area contributed by atoms with E-state index in [1.165, 1.54) is 0 Å². The fourth-order valence-corrected chi connectivity index (χ4v) is 1.50. The molecule has 0 bridgehead atoms. The van der Waals surface area contributed by atoms with E-state index in [2.05, 4.69) is 25.2 Å². The zero-order chi connectivity index (χ0) is 12.9. The lowest BCUT2D eigenvalue weighted by Crippen LogP contribution is -2.13. The average Bonchev–Trinajstić information content (AvgIpc) is 2.31. The summed E-state index contributed by atoms with van der Waals surface area (Å²) < 4.78 is 0. The smallest absolute Gasteiger partial charge is 0.244 e. The molecule has 0 spiro atoms. The molecule has 0 unspecified atom stereocenters. The van der Waals surface area contributed by atoms with Gasteiger partial charge in [-0.1, -0.05) is 44.2 Å². The summed E-state index contributed by atoms with van der Waals surface area (Å²) >= 11 is 0. The molecule has 0 aromatic heterocycles. The van der Waals surface area contributed by atoms with Gasteiger partial charge in [0.25, 0.3) is 0 Å². The van der Waals surface area contributed by atoms with Crippen LogP contribution in [0.25, 0.3) is 0 Å². The Labute approximate surface area is 105 Å².